The molecule has 4 N–H and O–H groups in total. The van der Waals surface area contributed by atoms with E-state index in [0.29, 0.717) is 5.75 Å². The summed E-state index contributed by atoms with van der Waals surface area (Å²) in [6.45, 7) is 3.42. The highest BCUT2D eigenvalue weighted by atomic mass is 16.7. The Hall–Kier alpha value is -1.18. The molecule has 1 saturated heterocycles. The lowest BCUT2D eigenvalue weighted by molar-refractivity contribution is -0.277. The van der Waals surface area contributed by atoms with E-state index in [1.807, 2.05) is 19.9 Å². The maximum atomic E-state index is 9.86. The highest BCUT2D eigenvalue weighted by Gasteiger charge is 2.44. The fraction of sp³-hybridized carbons (Fsp3) is 0.571. The molecule has 1 aromatic rings. The lowest BCUT2D eigenvalue weighted by Gasteiger charge is -2.39. The molecule has 1 aliphatic heterocycles. The van der Waals surface area contributed by atoms with Crippen LogP contribution in [0.3, 0.4) is 0 Å². The van der Waals surface area contributed by atoms with Gasteiger partial charge < -0.3 is 29.9 Å². The highest BCUT2D eigenvalue weighted by molar-refractivity contribution is 5.33. The normalized spacial score (nSPS) is 34.0. The van der Waals surface area contributed by atoms with Gasteiger partial charge in [0, 0.05) is 0 Å². The highest BCUT2D eigenvalue weighted by Crippen LogP contribution is 2.25. The lowest BCUT2D eigenvalue weighted by atomic mass is 9.99. The van der Waals surface area contributed by atoms with Crippen LogP contribution in [0.1, 0.15) is 11.1 Å². The molecule has 6 heteroatoms. The summed E-state index contributed by atoms with van der Waals surface area (Å²) in [5.74, 6) is 0.484. The molecule has 0 spiro atoms. The van der Waals surface area contributed by atoms with Crippen LogP contribution in [-0.4, -0.2) is 57.7 Å². The lowest BCUT2D eigenvalue weighted by Crippen LogP contribution is -2.60. The van der Waals surface area contributed by atoms with Crippen molar-refractivity contribution in [2.45, 2.75) is 44.6 Å². The van der Waals surface area contributed by atoms with Crippen LogP contribution in [0.4, 0.5) is 0 Å². The smallest absolute Gasteiger partial charge is 0.229 e. The first-order valence-electron chi connectivity index (χ1n) is 6.48. The monoisotopic (exact) mass is 284 g/mol. The zero-order valence-electron chi connectivity index (χ0n) is 11.4. The topological polar surface area (TPSA) is 99.4 Å². The van der Waals surface area contributed by atoms with Crippen molar-refractivity contribution in [3.63, 3.8) is 0 Å². The zero-order chi connectivity index (χ0) is 14.9. The summed E-state index contributed by atoms with van der Waals surface area (Å²) in [6.07, 6.45) is -6.32. The first kappa shape index (κ1) is 15.2. The van der Waals surface area contributed by atoms with Gasteiger partial charge in [0.25, 0.3) is 0 Å². The molecule has 1 fully saturated rings. The van der Waals surface area contributed by atoms with Gasteiger partial charge in [0.15, 0.2) is 0 Å². The van der Waals surface area contributed by atoms with Gasteiger partial charge in [0.1, 0.15) is 30.2 Å². The van der Waals surface area contributed by atoms with Crippen molar-refractivity contribution < 1.29 is 29.9 Å². The minimum Gasteiger partial charge on any atom is -0.462 e. The van der Waals surface area contributed by atoms with Crippen molar-refractivity contribution >= 4 is 0 Å². The molecule has 0 amide bonds. The van der Waals surface area contributed by atoms with Crippen LogP contribution in [0.15, 0.2) is 18.2 Å². The van der Waals surface area contributed by atoms with Gasteiger partial charge in [-0.05, 0) is 37.1 Å². The van der Waals surface area contributed by atoms with Crippen molar-refractivity contribution in [1.29, 1.82) is 0 Å². The Labute approximate surface area is 117 Å². The molecule has 0 saturated carbocycles. The molecular formula is C14H20O6. The summed E-state index contributed by atoms with van der Waals surface area (Å²) in [6, 6.07) is 5.38. The zero-order valence-corrected chi connectivity index (χ0v) is 11.4. The number of benzene rings is 1. The van der Waals surface area contributed by atoms with Crippen molar-refractivity contribution in [2.75, 3.05) is 6.61 Å². The van der Waals surface area contributed by atoms with Crippen LogP contribution in [-0.2, 0) is 4.74 Å². The first-order valence-corrected chi connectivity index (χ1v) is 6.48. The van der Waals surface area contributed by atoms with E-state index >= 15 is 0 Å². The van der Waals surface area contributed by atoms with Gasteiger partial charge in [-0.1, -0.05) is 6.07 Å². The molecule has 1 heterocycles. The van der Waals surface area contributed by atoms with E-state index in [0.717, 1.165) is 11.1 Å². The van der Waals surface area contributed by atoms with Crippen LogP contribution in [0.2, 0.25) is 0 Å². The van der Waals surface area contributed by atoms with E-state index in [2.05, 4.69) is 0 Å². The number of rotatable bonds is 3. The Morgan fingerprint density at radius 3 is 2.35 bits per heavy atom. The van der Waals surface area contributed by atoms with E-state index in [9.17, 15) is 15.3 Å². The SMILES string of the molecule is Cc1ccc(O[C@@H]2O[C@H](CO)[C@H](O)[C@H](O)[C@H]2O)cc1C. The largest absolute Gasteiger partial charge is 0.462 e. The third-order valence-electron chi connectivity index (χ3n) is 3.58. The average molecular weight is 284 g/mol. The molecule has 0 aromatic heterocycles. The summed E-state index contributed by atoms with van der Waals surface area (Å²) in [7, 11) is 0. The van der Waals surface area contributed by atoms with Gasteiger partial charge in [0.05, 0.1) is 6.61 Å². The standard InChI is InChI=1S/C14H20O6/c1-7-3-4-9(5-8(7)2)19-14-13(18)12(17)11(16)10(6-15)20-14/h3-5,10-18H,6H2,1-2H3/t10-,11+,12+,13-,14-/m1/s1. The van der Waals surface area contributed by atoms with E-state index < -0.39 is 37.3 Å². The number of aryl methyl sites for hydroxylation is 2. The second kappa shape index (κ2) is 6.07. The molecule has 0 radical (unpaired) electrons. The van der Waals surface area contributed by atoms with Crippen LogP contribution in [0.5, 0.6) is 5.75 Å². The van der Waals surface area contributed by atoms with Crippen LogP contribution >= 0.6 is 0 Å². The van der Waals surface area contributed by atoms with E-state index in [1.54, 1.807) is 12.1 Å². The Kier molecular flexibility index (Phi) is 4.62. The molecule has 20 heavy (non-hydrogen) atoms. The van der Waals surface area contributed by atoms with Gasteiger partial charge >= 0.3 is 0 Å². The van der Waals surface area contributed by atoms with Crippen molar-refractivity contribution in [3.8, 4) is 5.75 Å². The Bertz CT molecular complexity index is 461. The van der Waals surface area contributed by atoms with E-state index in [4.69, 9.17) is 14.6 Å². The van der Waals surface area contributed by atoms with Crippen LogP contribution < -0.4 is 4.74 Å². The molecule has 0 aliphatic carbocycles. The minimum absolute atomic E-state index is 0.474. The minimum atomic E-state index is -1.43. The quantitative estimate of drug-likeness (QED) is 0.596. The summed E-state index contributed by atoms with van der Waals surface area (Å²) < 4.78 is 10.8. The predicted molar refractivity (Wildman–Crippen MR) is 70.3 cm³/mol. The van der Waals surface area contributed by atoms with Gasteiger partial charge in [-0.3, -0.25) is 0 Å². The van der Waals surface area contributed by atoms with Crippen molar-refractivity contribution in [3.05, 3.63) is 29.3 Å². The molecular weight excluding hydrogens is 264 g/mol. The molecule has 0 bridgehead atoms. The summed E-state index contributed by atoms with van der Waals surface area (Å²) in [4.78, 5) is 0. The van der Waals surface area contributed by atoms with Gasteiger partial charge in [-0.2, -0.15) is 0 Å². The Balaban J connectivity index is 2.13. The molecule has 1 aliphatic rings. The fourth-order valence-corrected chi connectivity index (χ4v) is 2.09. The third-order valence-corrected chi connectivity index (χ3v) is 3.58. The molecule has 112 valence electrons. The number of aliphatic hydroxyl groups is 4. The maximum absolute atomic E-state index is 9.86. The predicted octanol–water partition coefficient (Wildman–Crippen LogP) is -0.518. The number of ether oxygens (including phenoxy) is 2. The van der Waals surface area contributed by atoms with Crippen molar-refractivity contribution in [1.82, 2.24) is 0 Å². The molecule has 6 nitrogen and oxygen atoms in total. The van der Waals surface area contributed by atoms with E-state index in [-0.39, 0.29) is 0 Å². The second-order valence-electron chi connectivity index (χ2n) is 5.06. The molecule has 5 atom stereocenters. The second-order valence-corrected chi connectivity index (χ2v) is 5.06. The molecule has 2 rings (SSSR count). The molecule has 1 aromatic carbocycles. The van der Waals surface area contributed by atoms with Gasteiger partial charge in [-0.25, -0.2) is 0 Å². The fourth-order valence-electron chi connectivity index (χ4n) is 2.09. The van der Waals surface area contributed by atoms with E-state index in [1.165, 1.54) is 0 Å². The summed E-state index contributed by atoms with van der Waals surface area (Å²) in [5.41, 5.74) is 2.12. The van der Waals surface area contributed by atoms with Crippen molar-refractivity contribution in [2.24, 2.45) is 0 Å². The maximum Gasteiger partial charge on any atom is 0.229 e. The number of hydrogen-bond donors (Lipinski definition) is 4. The first-order chi connectivity index (χ1) is 9.43. The van der Waals surface area contributed by atoms with Crippen LogP contribution in [0.25, 0.3) is 0 Å². The number of hydrogen-bond acceptors (Lipinski definition) is 6. The Morgan fingerprint density at radius 1 is 1.05 bits per heavy atom. The average Bonchev–Trinajstić information content (AvgIpc) is 2.43. The Morgan fingerprint density at radius 2 is 1.75 bits per heavy atom. The third kappa shape index (κ3) is 2.94. The van der Waals surface area contributed by atoms with Crippen LogP contribution in [0, 0.1) is 13.8 Å². The number of aliphatic hydroxyl groups excluding tert-OH is 4. The molecule has 0 unspecified atom stereocenters. The summed E-state index contributed by atoms with van der Waals surface area (Å²) in [5, 5.41) is 38.3. The summed E-state index contributed by atoms with van der Waals surface area (Å²) >= 11 is 0. The van der Waals surface area contributed by atoms with Gasteiger partial charge in [0.2, 0.25) is 6.29 Å². The van der Waals surface area contributed by atoms with Gasteiger partial charge in [-0.15, -0.1) is 0 Å².